The van der Waals surface area contributed by atoms with Crippen molar-refractivity contribution in [3.63, 3.8) is 0 Å². The van der Waals surface area contributed by atoms with E-state index < -0.39 is 16.1 Å². The van der Waals surface area contributed by atoms with Gasteiger partial charge in [0.15, 0.2) is 0 Å². The van der Waals surface area contributed by atoms with Crippen LogP contribution in [-0.4, -0.2) is 37.1 Å². The molecular formula is C26H33N3O4S. The van der Waals surface area contributed by atoms with E-state index >= 15 is 0 Å². The van der Waals surface area contributed by atoms with Crippen molar-refractivity contribution in [2.24, 2.45) is 0 Å². The standard InChI is InChI=1S/C26H33N3O4S/c1-2-25(30)27-21-12-14-22(15-13-21)34(32,33)29-17-16-19-8-6-7-11-23(19)24(29)18-26(31)28-20-9-4-3-5-10-20/h6-8,11-15,20,24H,2-5,9-10,16-18H2,1H3,(H,27,30)(H,28,31)/t24-/m1/s1. The third-order valence-corrected chi connectivity index (χ3v) is 8.70. The Kier molecular flexibility index (Phi) is 7.68. The molecule has 0 spiro atoms. The van der Waals surface area contributed by atoms with Gasteiger partial charge in [0, 0.05) is 31.1 Å². The molecule has 0 bridgehead atoms. The number of carbonyl (C=O) groups is 2. The maximum atomic E-state index is 13.7. The summed E-state index contributed by atoms with van der Waals surface area (Å²) in [6, 6.07) is 13.6. The zero-order valence-electron chi connectivity index (χ0n) is 19.6. The molecule has 4 rings (SSSR count). The van der Waals surface area contributed by atoms with E-state index in [2.05, 4.69) is 10.6 Å². The SMILES string of the molecule is CCC(=O)Nc1ccc(S(=O)(=O)N2CCc3ccccc3[C@H]2CC(=O)NC2CCCCC2)cc1. The van der Waals surface area contributed by atoms with Gasteiger partial charge in [0.2, 0.25) is 21.8 Å². The average molecular weight is 484 g/mol. The van der Waals surface area contributed by atoms with Crippen LogP contribution in [-0.2, 0) is 26.0 Å². The second-order valence-electron chi connectivity index (χ2n) is 9.11. The molecule has 182 valence electrons. The Bertz CT molecular complexity index is 1120. The van der Waals surface area contributed by atoms with Crippen LogP contribution in [0.25, 0.3) is 0 Å². The quantitative estimate of drug-likeness (QED) is 0.618. The van der Waals surface area contributed by atoms with Crippen LogP contribution in [0.3, 0.4) is 0 Å². The van der Waals surface area contributed by atoms with Crippen LogP contribution in [0.5, 0.6) is 0 Å². The average Bonchev–Trinajstić information content (AvgIpc) is 2.85. The molecule has 1 atom stereocenters. The topological polar surface area (TPSA) is 95.6 Å². The number of hydrogen-bond donors (Lipinski definition) is 2. The van der Waals surface area contributed by atoms with Crippen LogP contribution in [0.15, 0.2) is 53.4 Å². The number of fused-ring (bicyclic) bond motifs is 1. The smallest absolute Gasteiger partial charge is 0.243 e. The zero-order valence-corrected chi connectivity index (χ0v) is 20.4. The Hall–Kier alpha value is -2.71. The lowest BCUT2D eigenvalue weighted by Crippen LogP contribution is -2.43. The first-order chi connectivity index (χ1) is 16.4. The summed E-state index contributed by atoms with van der Waals surface area (Å²) in [5, 5.41) is 5.88. The van der Waals surface area contributed by atoms with Gasteiger partial charge in [-0.25, -0.2) is 8.42 Å². The molecular weight excluding hydrogens is 450 g/mol. The summed E-state index contributed by atoms with van der Waals surface area (Å²) in [6.07, 6.45) is 6.44. The van der Waals surface area contributed by atoms with Crippen molar-refractivity contribution < 1.29 is 18.0 Å². The number of nitrogens with zero attached hydrogens (tertiary/aromatic N) is 1. The summed E-state index contributed by atoms with van der Waals surface area (Å²) >= 11 is 0. The monoisotopic (exact) mass is 483 g/mol. The lowest BCUT2D eigenvalue weighted by molar-refractivity contribution is -0.123. The second kappa shape index (κ2) is 10.7. The lowest BCUT2D eigenvalue weighted by Gasteiger charge is -2.36. The predicted octanol–water partition coefficient (Wildman–Crippen LogP) is 4.16. The number of sulfonamides is 1. The maximum absolute atomic E-state index is 13.7. The van der Waals surface area contributed by atoms with Gasteiger partial charge in [-0.2, -0.15) is 4.31 Å². The van der Waals surface area contributed by atoms with Gasteiger partial charge in [0.05, 0.1) is 10.9 Å². The molecule has 1 saturated carbocycles. The van der Waals surface area contributed by atoms with Gasteiger partial charge < -0.3 is 10.6 Å². The molecule has 0 saturated heterocycles. The van der Waals surface area contributed by atoms with Gasteiger partial charge in [0.1, 0.15) is 0 Å². The Labute approximate surface area is 202 Å². The first kappa shape index (κ1) is 24.4. The van der Waals surface area contributed by atoms with Crippen molar-refractivity contribution in [3.8, 4) is 0 Å². The Morgan fingerprint density at radius 1 is 0.971 bits per heavy atom. The summed E-state index contributed by atoms with van der Waals surface area (Å²) in [5.41, 5.74) is 2.53. The highest BCUT2D eigenvalue weighted by Gasteiger charge is 2.37. The van der Waals surface area contributed by atoms with Crippen LogP contribution in [0.1, 0.15) is 69.0 Å². The van der Waals surface area contributed by atoms with Gasteiger partial charge in [-0.1, -0.05) is 50.5 Å². The molecule has 0 unspecified atom stereocenters. The van der Waals surface area contributed by atoms with Crippen LogP contribution in [0.4, 0.5) is 5.69 Å². The van der Waals surface area contributed by atoms with E-state index in [-0.39, 0.29) is 29.2 Å². The highest BCUT2D eigenvalue weighted by atomic mass is 32.2. The molecule has 1 heterocycles. The van der Waals surface area contributed by atoms with E-state index in [0.29, 0.717) is 25.1 Å². The lowest BCUT2D eigenvalue weighted by atomic mass is 9.91. The maximum Gasteiger partial charge on any atom is 0.243 e. The Balaban J connectivity index is 1.58. The van der Waals surface area contributed by atoms with Crippen molar-refractivity contribution >= 4 is 27.5 Å². The van der Waals surface area contributed by atoms with Crippen LogP contribution < -0.4 is 10.6 Å². The molecule has 2 aromatic rings. The molecule has 1 aliphatic heterocycles. The second-order valence-corrected chi connectivity index (χ2v) is 11.0. The van der Waals surface area contributed by atoms with Gasteiger partial charge in [-0.15, -0.1) is 0 Å². The van der Waals surface area contributed by atoms with Crippen molar-refractivity contribution in [3.05, 3.63) is 59.7 Å². The van der Waals surface area contributed by atoms with Crippen LogP contribution in [0.2, 0.25) is 0 Å². The summed E-state index contributed by atoms with van der Waals surface area (Å²) in [5.74, 6) is -0.237. The highest BCUT2D eigenvalue weighted by Crippen LogP contribution is 2.36. The summed E-state index contributed by atoms with van der Waals surface area (Å²) in [6.45, 7) is 2.07. The molecule has 2 N–H and O–H groups in total. The van der Waals surface area contributed by atoms with Gasteiger partial charge in [-0.05, 0) is 54.7 Å². The molecule has 2 amide bonds. The van der Waals surface area contributed by atoms with Crippen LogP contribution in [0, 0.1) is 0 Å². The largest absolute Gasteiger partial charge is 0.353 e. The molecule has 1 aliphatic carbocycles. The van der Waals surface area contributed by atoms with E-state index in [4.69, 9.17) is 0 Å². The molecule has 2 aliphatic rings. The minimum absolute atomic E-state index is 0.0946. The number of carbonyl (C=O) groups excluding carboxylic acids is 2. The van der Waals surface area contributed by atoms with E-state index in [1.54, 1.807) is 19.1 Å². The third kappa shape index (κ3) is 5.50. The number of hydrogen-bond acceptors (Lipinski definition) is 4. The van der Waals surface area contributed by atoms with Crippen molar-refractivity contribution in [2.45, 2.75) is 75.3 Å². The third-order valence-electron chi connectivity index (χ3n) is 6.78. The van der Waals surface area contributed by atoms with Gasteiger partial charge in [-0.3, -0.25) is 9.59 Å². The van der Waals surface area contributed by atoms with Crippen molar-refractivity contribution in [2.75, 3.05) is 11.9 Å². The summed E-state index contributed by atoms with van der Waals surface area (Å²) in [7, 11) is -3.84. The minimum Gasteiger partial charge on any atom is -0.353 e. The molecule has 34 heavy (non-hydrogen) atoms. The predicted molar refractivity (Wildman–Crippen MR) is 132 cm³/mol. The molecule has 2 aromatic carbocycles. The zero-order chi connectivity index (χ0) is 24.1. The summed E-state index contributed by atoms with van der Waals surface area (Å²) in [4.78, 5) is 24.8. The minimum atomic E-state index is -3.84. The highest BCUT2D eigenvalue weighted by molar-refractivity contribution is 7.89. The molecule has 8 heteroatoms. The number of nitrogens with one attached hydrogen (secondary N) is 2. The number of amides is 2. The first-order valence-electron chi connectivity index (χ1n) is 12.2. The van der Waals surface area contributed by atoms with E-state index in [9.17, 15) is 18.0 Å². The number of rotatable bonds is 7. The fourth-order valence-electron chi connectivity index (χ4n) is 4.93. The van der Waals surface area contributed by atoms with E-state index in [1.807, 2.05) is 24.3 Å². The molecule has 1 fully saturated rings. The molecule has 7 nitrogen and oxygen atoms in total. The van der Waals surface area contributed by atoms with Gasteiger partial charge in [0.25, 0.3) is 0 Å². The Morgan fingerprint density at radius 3 is 2.38 bits per heavy atom. The normalized spacial score (nSPS) is 19.3. The molecule has 0 radical (unpaired) electrons. The molecule has 0 aromatic heterocycles. The fraction of sp³-hybridized carbons (Fsp3) is 0.462. The first-order valence-corrected chi connectivity index (χ1v) is 13.6. The Morgan fingerprint density at radius 2 is 1.68 bits per heavy atom. The van der Waals surface area contributed by atoms with E-state index in [0.717, 1.165) is 36.8 Å². The van der Waals surface area contributed by atoms with Crippen molar-refractivity contribution in [1.82, 2.24) is 9.62 Å². The summed E-state index contributed by atoms with van der Waals surface area (Å²) < 4.78 is 28.8. The number of benzene rings is 2. The van der Waals surface area contributed by atoms with E-state index in [1.165, 1.54) is 22.9 Å². The number of anilines is 1. The fourth-order valence-corrected chi connectivity index (χ4v) is 6.54. The van der Waals surface area contributed by atoms with Crippen LogP contribution >= 0.6 is 0 Å². The van der Waals surface area contributed by atoms with Crippen molar-refractivity contribution in [1.29, 1.82) is 0 Å². The van der Waals surface area contributed by atoms with Gasteiger partial charge >= 0.3 is 0 Å².